The summed E-state index contributed by atoms with van der Waals surface area (Å²) in [7, 11) is 0. The molecule has 22 heavy (non-hydrogen) atoms. The molecule has 7 nitrogen and oxygen atoms in total. The van der Waals surface area contributed by atoms with Gasteiger partial charge in [-0.3, -0.25) is 14.4 Å². The number of carboxylic acid groups (broad SMARTS) is 1. The zero-order valence-electron chi connectivity index (χ0n) is 13.1. The van der Waals surface area contributed by atoms with Gasteiger partial charge in [-0.05, 0) is 38.5 Å². The average Bonchev–Trinajstić information content (AvgIpc) is 2.99. The average molecular weight is 313 g/mol. The molecule has 1 aliphatic rings. The van der Waals surface area contributed by atoms with E-state index in [1.165, 1.54) is 0 Å². The van der Waals surface area contributed by atoms with Gasteiger partial charge in [-0.15, -0.1) is 0 Å². The molecule has 7 heteroatoms. The topological polar surface area (TPSA) is 113 Å². The maximum absolute atomic E-state index is 12.0. The second-order valence-corrected chi connectivity index (χ2v) is 5.73. The van der Waals surface area contributed by atoms with Crippen molar-refractivity contribution < 1.29 is 19.5 Å². The largest absolute Gasteiger partial charge is 0.481 e. The molecule has 1 heterocycles. The number of likely N-dealkylation sites (tertiary alicyclic amines) is 1. The highest BCUT2D eigenvalue weighted by Gasteiger charge is 2.22. The lowest BCUT2D eigenvalue weighted by Gasteiger charge is -2.20. The van der Waals surface area contributed by atoms with Crippen LogP contribution in [0.1, 0.15) is 51.4 Å². The summed E-state index contributed by atoms with van der Waals surface area (Å²) < 4.78 is 0. The fourth-order valence-electron chi connectivity index (χ4n) is 2.50. The lowest BCUT2D eigenvalue weighted by molar-refractivity contribution is -0.137. The van der Waals surface area contributed by atoms with Crippen LogP contribution in [0.15, 0.2) is 0 Å². The Morgan fingerprint density at radius 3 is 2.41 bits per heavy atom. The van der Waals surface area contributed by atoms with Crippen molar-refractivity contribution in [3.63, 3.8) is 0 Å². The molecule has 1 fully saturated rings. The minimum Gasteiger partial charge on any atom is -0.481 e. The second-order valence-electron chi connectivity index (χ2n) is 5.73. The number of carbonyl (C=O) groups excluding carboxylic acids is 2. The van der Waals surface area contributed by atoms with Gasteiger partial charge in [0.1, 0.15) is 0 Å². The third-order valence-electron chi connectivity index (χ3n) is 3.79. The summed E-state index contributed by atoms with van der Waals surface area (Å²) >= 11 is 0. The van der Waals surface area contributed by atoms with Crippen LogP contribution in [0.5, 0.6) is 0 Å². The summed E-state index contributed by atoms with van der Waals surface area (Å²) in [5, 5.41) is 11.2. The fraction of sp³-hybridized carbons (Fsp3) is 0.800. The monoisotopic (exact) mass is 313 g/mol. The summed E-state index contributed by atoms with van der Waals surface area (Å²) in [6.45, 7) is 2.17. The lowest BCUT2D eigenvalue weighted by atomic mass is 10.1. The number of nitrogens with one attached hydrogen (secondary N) is 1. The molecule has 0 unspecified atom stereocenters. The van der Waals surface area contributed by atoms with Gasteiger partial charge in [0, 0.05) is 32.5 Å². The van der Waals surface area contributed by atoms with Gasteiger partial charge in [0.15, 0.2) is 0 Å². The van der Waals surface area contributed by atoms with Gasteiger partial charge < -0.3 is 21.1 Å². The smallest absolute Gasteiger partial charge is 0.303 e. The van der Waals surface area contributed by atoms with Crippen molar-refractivity contribution in [1.82, 2.24) is 10.2 Å². The van der Waals surface area contributed by atoms with Crippen LogP contribution in [0.4, 0.5) is 0 Å². The number of hydrogen-bond acceptors (Lipinski definition) is 4. The van der Waals surface area contributed by atoms with Crippen LogP contribution in [0.2, 0.25) is 0 Å². The number of carbonyl (C=O) groups is 3. The fourth-order valence-corrected chi connectivity index (χ4v) is 2.50. The van der Waals surface area contributed by atoms with E-state index in [4.69, 9.17) is 10.8 Å². The Kier molecular flexibility index (Phi) is 8.50. The van der Waals surface area contributed by atoms with Crippen molar-refractivity contribution in [3.8, 4) is 0 Å². The van der Waals surface area contributed by atoms with Crippen LogP contribution in [-0.4, -0.2) is 53.5 Å². The van der Waals surface area contributed by atoms with E-state index in [-0.39, 0.29) is 24.7 Å². The standard InChI is InChI=1S/C15H27N3O4/c16-12(15(22)18-10-3-4-11-18)6-1-2-9-17-13(19)7-5-8-14(20)21/h12H,1-11,16H2,(H,17,19)(H,20,21)/t12-/m0/s1. The number of aliphatic carboxylic acids is 1. The Morgan fingerprint density at radius 1 is 1.09 bits per heavy atom. The first-order valence-electron chi connectivity index (χ1n) is 8.03. The predicted octanol–water partition coefficient (Wildman–Crippen LogP) is 0.478. The van der Waals surface area contributed by atoms with E-state index in [0.717, 1.165) is 38.8 Å². The molecule has 2 amide bonds. The maximum atomic E-state index is 12.0. The van der Waals surface area contributed by atoms with Crippen LogP contribution in [0.3, 0.4) is 0 Å². The molecule has 0 aliphatic carbocycles. The highest BCUT2D eigenvalue weighted by atomic mass is 16.4. The number of nitrogens with two attached hydrogens (primary N) is 1. The molecule has 126 valence electrons. The molecule has 0 saturated carbocycles. The molecule has 0 aromatic rings. The minimum atomic E-state index is -0.885. The van der Waals surface area contributed by atoms with Crippen molar-refractivity contribution in [1.29, 1.82) is 0 Å². The first kappa shape index (κ1) is 18.4. The molecule has 0 spiro atoms. The predicted molar refractivity (Wildman–Crippen MR) is 82.1 cm³/mol. The van der Waals surface area contributed by atoms with E-state index in [2.05, 4.69) is 5.32 Å². The zero-order chi connectivity index (χ0) is 16.4. The molecule has 1 saturated heterocycles. The minimum absolute atomic E-state index is 0.0148. The van der Waals surface area contributed by atoms with Crippen LogP contribution >= 0.6 is 0 Å². The Bertz CT molecular complexity index is 381. The quantitative estimate of drug-likeness (QED) is 0.508. The molecule has 1 rings (SSSR count). The van der Waals surface area contributed by atoms with Gasteiger partial charge >= 0.3 is 5.97 Å². The van der Waals surface area contributed by atoms with Gasteiger partial charge in [-0.2, -0.15) is 0 Å². The summed E-state index contributed by atoms with van der Waals surface area (Å²) in [6, 6.07) is -0.440. The zero-order valence-corrected chi connectivity index (χ0v) is 13.1. The number of unbranched alkanes of at least 4 members (excludes halogenated alkanes) is 1. The Labute approximate surface area is 131 Å². The van der Waals surface area contributed by atoms with E-state index in [0.29, 0.717) is 19.4 Å². The number of rotatable bonds is 10. The summed E-state index contributed by atoms with van der Waals surface area (Å²) in [4.78, 5) is 35.5. The van der Waals surface area contributed by atoms with Crippen molar-refractivity contribution in [2.24, 2.45) is 5.73 Å². The van der Waals surface area contributed by atoms with Crippen molar-refractivity contribution in [3.05, 3.63) is 0 Å². The maximum Gasteiger partial charge on any atom is 0.303 e. The molecular formula is C15H27N3O4. The number of amides is 2. The SMILES string of the molecule is N[C@@H](CCCCNC(=O)CCCC(=O)O)C(=O)N1CCCC1. The van der Waals surface area contributed by atoms with Gasteiger partial charge in [-0.25, -0.2) is 0 Å². The van der Waals surface area contributed by atoms with E-state index in [1.807, 2.05) is 4.90 Å². The van der Waals surface area contributed by atoms with Crippen LogP contribution < -0.4 is 11.1 Å². The van der Waals surface area contributed by atoms with E-state index < -0.39 is 12.0 Å². The number of hydrogen-bond donors (Lipinski definition) is 3. The van der Waals surface area contributed by atoms with Gasteiger partial charge in [-0.1, -0.05) is 0 Å². The molecule has 1 atom stereocenters. The molecule has 0 bridgehead atoms. The number of carboxylic acids is 1. The molecule has 4 N–H and O–H groups in total. The van der Waals surface area contributed by atoms with E-state index in [1.54, 1.807) is 0 Å². The molecule has 0 aromatic heterocycles. The van der Waals surface area contributed by atoms with Crippen molar-refractivity contribution in [2.75, 3.05) is 19.6 Å². The first-order chi connectivity index (χ1) is 10.5. The third kappa shape index (κ3) is 7.40. The normalized spacial score (nSPS) is 15.6. The molecule has 1 aliphatic heterocycles. The van der Waals surface area contributed by atoms with Crippen LogP contribution in [0.25, 0.3) is 0 Å². The Hall–Kier alpha value is -1.63. The van der Waals surface area contributed by atoms with Gasteiger partial charge in [0.05, 0.1) is 6.04 Å². The Balaban J connectivity index is 2.01. The lowest BCUT2D eigenvalue weighted by Crippen LogP contribution is -2.42. The second kappa shape index (κ2) is 10.2. The van der Waals surface area contributed by atoms with E-state index >= 15 is 0 Å². The van der Waals surface area contributed by atoms with Crippen molar-refractivity contribution >= 4 is 17.8 Å². The Morgan fingerprint density at radius 2 is 1.77 bits per heavy atom. The first-order valence-corrected chi connectivity index (χ1v) is 8.03. The highest BCUT2D eigenvalue weighted by Crippen LogP contribution is 2.10. The number of nitrogens with zero attached hydrogens (tertiary/aromatic N) is 1. The van der Waals surface area contributed by atoms with E-state index in [9.17, 15) is 14.4 Å². The summed E-state index contributed by atoms with van der Waals surface area (Å²) in [5.74, 6) is -0.974. The molecular weight excluding hydrogens is 286 g/mol. The molecule has 0 radical (unpaired) electrons. The summed E-state index contributed by atoms with van der Waals surface area (Å²) in [6.07, 6.45) is 4.92. The highest BCUT2D eigenvalue weighted by molar-refractivity contribution is 5.81. The summed E-state index contributed by atoms with van der Waals surface area (Å²) in [5.41, 5.74) is 5.90. The molecule has 0 aromatic carbocycles. The van der Waals surface area contributed by atoms with Gasteiger partial charge in [0.2, 0.25) is 11.8 Å². The van der Waals surface area contributed by atoms with Crippen LogP contribution in [0, 0.1) is 0 Å². The van der Waals surface area contributed by atoms with Gasteiger partial charge in [0.25, 0.3) is 0 Å². The van der Waals surface area contributed by atoms with Crippen molar-refractivity contribution in [2.45, 2.75) is 57.4 Å². The van der Waals surface area contributed by atoms with Crippen LogP contribution in [-0.2, 0) is 14.4 Å². The third-order valence-corrected chi connectivity index (χ3v) is 3.79.